The summed E-state index contributed by atoms with van der Waals surface area (Å²) in [7, 11) is 0. The van der Waals surface area contributed by atoms with Crippen molar-refractivity contribution in [3.05, 3.63) is 87.6 Å². The van der Waals surface area contributed by atoms with Gasteiger partial charge in [-0.2, -0.15) is 0 Å². The van der Waals surface area contributed by atoms with Crippen molar-refractivity contribution in [2.45, 2.75) is 18.2 Å². The Labute approximate surface area is 191 Å². The van der Waals surface area contributed by atoms with Crippen molar-refractivity contribution < 1.29 is 9.59 Å². The van der Waals surface area contributed by atoms with E-state index in [1.165, 1.54) is 11.8 Å². The molecule has 0 unspecified atom stereocenters. The number of halogens is 2. The average molecular weight is 506 g/mol. The van der Waals surface area contributed by atoms with Crippen LogP contribution in [0.25, 0.3) is 0 Å². The van der Waals surface area contributed by atoms with Crippen LogP contribution >= 0.6 is 39.3 Å². The molecule has 3 rings (SSSR count). The van der Waals surface area contributed by atoms with E-state index in [1.54, 1.807) is 42.5 Å². The monoisotopic (exact) mass is 504 g/mol. The second kappa shape index (κ2) is 10.6. The van der Waals surface area contributed by atoms with E-state index in [2.05, 4.69) is 38.0 Å². The number of benzene rings is 2. The number of rotatable bonds is 9. The summed E-state index contributed by atoms with van der Waals surface area (Å²) < 4.78 is 2.75. The Balaban J connectivity index is 1.64. The van der Waals surface area contributed by atoms with E-state index in [4.69, 9.17) is 11.6 Å². The minimum Gasteiger partial charge on any atom is -0.345 e. The lowest BCUT2D eigenvalue weighted by atomic mass is 10.2. The van der Waals surface area contributed by atoms with Gasteiger partial charge in [0.25, 0.3) is 5.91 Å². The fourth-order valence-corrected chi connectivity index (χ4v) is 3.83. The fourth-order valence-electron chi connectivity index (χ4n) is 2.58. The quantitative estimate of drug-likeness (QED) is 0.257. The molecule has 2 aromatic carbocycles. The first-order valence-electron chi connectivity index (χ1n) is 8.96. The second-order valence-electron chi connectivity index (χ2n) is 6.21. The highest BCUT2D eigenvalue weighted by molar-refractivity contribution is 9.10. The van der Waals surface area contributed by atoms with Gasteiger partial charge in [0, 0.05) is 27.2 Å². The normalized spacial score (nSPS) is 10.6. The van der Waals surface area contributed by atoms with Crippen LogP contribution in [0.2, 0.25) is 5.02 Å². The van der Waals surface area contributed by atoms with Crippen LogP contribution < -0.4 is 5.32 Å². The van der Waals surface area contributed by atoms with Gasteiger partial charge in [0.2, 0.25) is 0 Å². The molecule has 1 amide bonds. The van der Waals surface area contributed by atoms with Crippen molar-refractivity contribution >= 4 is 51.0 Å². The van der Waals surface area contributed by atoms with Crippen molar-refractivity contribution in [1.29, 1.82) is 0 Å². The first-order chi connectivity index (χ1) is 14.5. The predicted molar refractivity (Wildman–Crippen MR) is 122 cm³/mol. The molecule has 1 N–H and O–H groups in total. The molecule has 0 aliphatic heterocycles. The second-order valence-corrected chi connectivity index (χ2v) is 8.50. The van der Waals surface area contributed by atoms with Gasteiger partial charge in [-0.25, -0.2) is 0 Å². The van der Waals surface area contributed by atoms with Gasteiger partial charge in [0.05, 0.1) is 12.3 Å². The Morgan fingerprint density at radius 2 is 1.77 bits per heavy atom. The van der Waals surface area contributed by atoms with E-state index in [-0.39, 0.29) is 24.0 Å². The number of nitrogens with one attached hydrogen (secondary N) is 1. The molecular formula is C21H18BrClN4O2S. The van der Waals surface area contributed by atoms with E-state index < -0.39 is 0 Å². The first-order valence-corrected chi connectivity index (χ1v) is 11.1. The van der Waals surface area contributed by atoms with Crippen LogP contribution in [0.4, 0.5) is 0 Å². The largest absolute Gasteiger partial charge is 0.345 e. The van der Waals surface area contributed by atoms with Crippen molar-refractivity contribution in [3.8, 4) is 0 Å². The number of nitrogens with zero attached hydrogens (tertiary/aromatic N) is 3. The molecule has 3 aromatic rings. The number of amides is 1. The average Bonchev–Trinajstić information content (AvgIpc) is 3.13. The van der Waals surface area contributed by atoms with Crippen LogP contribution in [0.1, 0.15) is 26.5 Å². The van der Waals surface area contributed by atoms with Gasteiger partial charge in [0.1, 0.15) is 0 Å². The van der Waals surface area contributed by atoms with Gasteiger partial charge in [-0.1, -0.05) is 57.5 Å². The van der Waals surface area contributed by atoms with Crippen LogP contribution in [-0.4, -0.2) is 32.2 Å². The third kappa shape index (κ3) is 5.81. The fraction of sp³-hybridized carbons (Fsp3) is 0.143. The molecule has 9 heteroatoms. The topological polar surface area (TPSA) is 76.9 Å². The number of thioether (sulfide) groups is 1. The van der Waals surface area contributed by atoms with E-state index in [9.17, 15) is 9.59 Å². The highest BCUT2D eigenvalue weighted by Crippen LogP contribution is 2.20. The van der Waals surface area contributed by atoms with Gasteiger partial charge < -0.3 is 9.88 Å². The maximum absolute atomic E-state index is 12.4. The Morgan fingerprint density at radius 3 is 2.43 bits per heavy atom. The number of hydrogen-bond donors (Lipinski definition) is 1. The zero-order valence-corrected chi connectivity index (χ0v) is 19.0. The highest BCUT2D eigenvalue weighted by atomic mass is 79.9. The zero-order valence-electron chi connectivity index (χ0n) is 15.8. The standard InChI is InChI=1S/C21H18BrClN4O2S/c1-2-11-27-19(12-24-20(29)15-5-9-17(23)10-6-15)25-26-21(27)30-13-18(28)14-3-7-16(22)8-4-14/h2-10H,1,11-13H2,(H,24,29). The van der Waals surface area contributed by atoms with Gasteiger partial charge >= 0.3 is 0 Å². The minimum atomic E-state index is -0.237. The molecule has 0 aliphatic rings. The van der Waals surface area contributed by atoms with Crippen LogP contribution in [0.3, 0.4) is 0 Å². The van der Waals surface area contributed by atoms with Crippen LogP contribution in [0, 0.1) is 0 Å². The lowest BCUT2D eigenvalue weighted by molar-refractivity contribution is 0.0948. The Hall–Kier alpha value is -2.42. The molecule has 0 aliphatic carbocycles. The van der Waals surface area contributed by atoms with Gasteiger partial charge in [-0.05, 0) is 36.4 Å². The third-order valence-corrected chi connectivity index (χ3v) is 5.86. The summed E-state index contributed by atoms with van der Waals surface area (Å²) in [6.07, 6.45) is 1.72. The molecule has 0 radical (unpaired) electrons. The summed E-state index contributed by atoms with van der Waals surface area (Å²) in [5.74, 6) is 0.571. The molecular weight excluding hydrogens is 488 g/mol. The van der Waals surface area contributed by atoms with Gasteiger partial charge in [-0.15, -0.1) is 16.8 Å². The summed E-state index contributed by atoms with van der Waals surface area (Å²) in [5, 5.41) is 12.3. The van der Waals surface area contributed by atoms with Gasteiger partial charge in [-0.3, -0.25) is 9.59 Å². The maximum atomic E-state index is 12.4. The zero-order chi connectivity index (χ0) is 21.5. The van der Waals surface area contributed by atoms with E-state index in [0.29, 0.717) is 33.7 Å². The molecule has 0 bridgehead atoms. The molecule has 1 aromatic heterocycles. The van der Waals surface area contributed by atoms with Crippen molar-refractivity contribution in [1.82, 2.24) is 20.1 Å². The molecule has 1 heterocycles. The minimum absolute atomic E-state index is 0.00163. The molecule has 6 nitrogen and oxygen atoms in total. The summed E-state index contributed by atoms with van der Waals surface area (Å²) in [4.78, 5) is 24.7. The number of hydrogen-bond acceptors (Lipinski definition) is 5. The lowest BCUT2D eigenvalue weighted by Crippen LogP contribution is -2.24. The lowest BCUT2D eigenvalue weighted by Gasteiger charge is -2.09. The molecule has 30 heavy (non-hydrogen) atoms. The summed E-state index contributed by atoms with van der Waals surface area (Å²) in [6, 6.07) is 13.8. The van der Waals surface area contributed by atoms with Crippen LogP contribution in [-0.2, 0) is 13.1 Å². The molecule has 0 spiro atoms. The summed E-state index contributed by atoms with van der Waals surface area (Å²) >= 11 is 10.5. The molecule has 0 atom stereocenters. The predicted octanol–water partition coefficient (Wildman–Crippen LogP) is 4.79. The summed E-state index contributed by atoms with van der Waals surface area (Å²) in [6.45, 7) is 4.43. The van der Waals surface area contributed by atoms with E-state index in [0.717, 1.165) is 4.47 Å². The van der Waals surface area contributed by atoms with E-state index >= 15 is 0 Å². The number of Topliss-reactive ketones (excluding diaryl/α,β-unsaturated/α-hetero) is 1. The van der Waals surface area contributed by atoms with Crippen LogP contribution in [0.15, 0.2) is 70.8 Å². The third-order valence-electron chi connectivity index (χ3n) is 4.12. The van der Waals surface area contributed by atoms with Crippen molar-refractivity contribution in [2.75, 3.05) is 5.75 Å². The number of aromatic nitrogens is 3. The Morgan fingerprint density at radius 1 is 1.10 bits per heavy atom. The smallest absolute Gasteiger partial charge is 0.251 e. The van der Waals surface area contributed by atoms with Crippen LogP contribution in [0.5, 0.6) is 0 Å². The number of carbonyl (C=O) groups is 2. The van der Waals surface area contributed by atoms with E-state index in [1.807, 2.05) is 16.7 Å². The molecule has 0 saturated carbocycles. The molecule has 154 valence electrons. The molecule has 0 fully saturated rings. The maximum Gasteiger partial charge on any atom is 0.251 e. The van der Waals surface area contributed by atoms with Crippen molar-refractivity contribution in [3.63, 3.8) is 0 Å². The van der Waals surface area contributed by atoms with Gasteiger partial charge in [0.15, 0.2) is 16.8 Å². The highest BCUT2D eigenvalue weighted by Gasteiger charge is 2.15. The van der Waals surface area contributed by atoms with Crippen molar-refractivity contribution in [2.24, 2.45) is 0 Å². The number of carbonyl (C=O) groups excluding carboxylic acids is 2. The summed E-state index contributed by atoms with van der Waals surface area (Å²) in [5.41, 5.74) is 1.14. The number of allylic oxidation sites excluding steroid dienone is 1. The Kier molecular flexibility index (Phi) is 7.84. The number of ketones is 1. The Bertz CT molecular complexity index is 973. The first kappa shape index (κ1) is 22.3. The SMILES string of the molecule is C=CCn1c(CNC(=O)c2ccc(Cl)cc2)nnc1SCC(=O)c1ccc(Br)cc1. The molecule has 0 saturated heterocycles.